The molecule has 0 saturated carbocycles. The van der Waals surface area contributed by atoms with Crippen LogP contribution >= 0.6 is 0 Å². The van der Waals surface area contributed by atoms with Crippen LogP contribution in [-0.4, -0.2) is 12.2 Å². The third kappa shape index (κ3) is 2.91. The molecule has 0 fully saturated rings. The first-order valence-corrected chi connectivity index (χ1v) is 5.54. The van der Waals surface area contributed by atoms with Crippen LogP contribution in [0, 0.1) is 5.82 Å². The Hall–Kier alpha value is -2.23. The van der Waals surface area contributed by atoms with E-state index in [0.717, 1.165) is 11.3 Å². The number of rotatable bonds is 4. The fourth-order valence-electron chi connectivity index (χ4n) is 1.60. The van der Waals surface area contributed by atoms with Crippen molar-refractivity contribution in [2.24, 2.45) is 0 Å². The first kappa shape index (κ1) is 12.2. The molecule has 18 heavy (non-hydrogen) atoms. The fourth-order valence-corrected chi connectivity index (χ4v) is 1.60. The molecule has 0 aliphatic heterocycles. The van der Waals surface area contributed by atoms with Gasteiger partial charge >= 0.3 is 0 Å². The second-order valence-electron chi connectivity index (χ2n) is 3.87. The molecule has 0 unspecified atom stereocenters. The molecule has 0 bridgehead atoms. The van der Waals surface area contributed by atoms with Crippen molar-refractivity contribution in [1.82, 2.24) is 0 Å². The molecule has 0 heterocycles. The van der Waals surface area contributed by atoms with Crippen molar-refractivity contribution in [3.63, 3.8) is 0 Å². The number of hydrogen-bond donors (Lipinski definition) is 2. The summed E-state index contributed by atoms with van der Waals surface area (Å²) < 4.78 is 18.2. The average molecular weight is 247 g/mol. The van der Waals surface area contributed by atoms with Gasteiger partial charge in [0, 0.05) is 18.3 Å². The summed E-state index contributed by atoms with van der Waals surface area (Å²) in [6.45, 7) is 0.557. The molecule has 0 spiro atoms. The van der Waals surface area contributed by atoms with Crippen molar-refractivity contribution < 1.29 is 14.2 Å². The molecule has 3 nitrogen and oxygen atoms in total. The summed E-state index contributed by atoms with van der Waals surface area (Å²) in [5.41, 5.74) is 1.65. The van der Waals surface area contributed by atoms with E-state index in [1.165, 1.54) is 12.1 Å². The Morgan fingerprint density at radius 1 is 1.22 bits per heavy atom. The standard InChI is InChI=1S/C14H14FNO2/c1-18-12-4-2-3-10(7-12)9-16-11-5-6-14(17)13(15)8-11/h2-8,16-17H,9H2,1H3. The van der Waals surface area contributed by atoms with E-state index in [9.17, 15) is 4.39 Å². The molecule has 0 saturated heterocycles. The van der Waals surface area contributed by atoms with Crippen LogP contribution in [0.3, 0.4) is 0 Å². The van der Waals surface area contributed by atoms with E-state index >= 15 is 0 Å². The molecule has 4 heteroatoms. The molecule has 2 aromatic rings. The van der Waals surface area contributed by atoms with Gasteiger partial charge in [-0.2, -0.15) is 0 Å². The number of phenols is 1. The van der Waals surface area contributed by atoms with Crippen molar-refractivity contribution in [3.8, 4) is 11.5 Å². The highest BCUT2D eigenvalue weighted by molar-refractivity contribution is 5.47. The van der Waals surface area contributed by atoms with E-state index < -0.39 is 5.82 Å². The number of ether oxygens (including phenoxy) is 1. The van der Waals surface area contributed by atoms with Gasteiger partial charge in [-0.25, -0.2) is 4.39 Å². The highest BCUT2D eigenvalue weighted by atomic mass is 19.1. The van der Waals surface area contributed by atoms with Crippen LogP contribution in [0.4, 0.5) is 10.1 Å². The van der Waals surface area contributed by atoms with Gasteiger partial charge < -0.3 is 15.2 Å². The van der Waals surface area contributed by atoms with E-state index in [4.69, 9.17) is 9.84 Å². The largest absolute Gasteiger partial charge is 0.505 e. The predicted molar refractivity (Wildman–Crippen MR) is 68.4 cm³/mol. The van der Waals surface area contributed by atoms with E-state index in [-0.39, 0.29) is 5.75 Å². The Balaban J connectivity index is 2.04. The molecular weight excluding hydrogens is 233 g/mol. The Morgan fingerprint density at radius 2 is 2.06 bits per heavy atom. The number of aromatic hydroxyl groups is 1. The molecule has 0 amide bonds. The zero-order valence-electron chi connectivity index (χ0n) is 9.98. The quantitative estimate of drug-likeness (QED) is 0.815. The number of halogens is 1. The maximum atomic E-state index is 13.1. The van der Waals surface area contributed by atoms with E-state index in [1.807, 2.05) is 24.3 Å². The molecule has 0 aliphatic rings. The zero-order chi connectivity index (χ0) is 13.0. The van der Waals surface area contributed by atoms with Crippen LogP contribution in [-0.2, 0) is 6.54 Å². The molecule has 0 aromatic heterocycles. The van der Waals surface area contributed by atoms with Gasteiger partial charge in [-0.1, -0.05) is 12.1 Å². The number of benzene rings is 2. The Kier molecular flexibility index (Phi) is 3.67. The smallest absolute Gasteiger partial charge is 0.166 e. The Labute approximate surface area is 105 Å². The lowest BCUT2D eigenvalue weighted by atomic mass is 10.2. The predicted octanol–water partition coefficient (Wildman–Crippen LogP) is 3.15. The second-order valence-corrected chi connectivity index (χ2v) is 3.87. The maximum Gasteiger partial charge on any atom is 0.166 e. The lowest BCUT2D eigenvalue weighted by molar-refractivity contribution is 0.414. The first-order chi connectivity index (χ1) is 8.69. The zero-order valence-corrected chi connectivity index (χ0v) is 9.98. The molecule has 2 rings (SSSR count). The number of phenolic OH excluding ortho intramolecular Hbond substituents is 1. The summed E-state index contributed by atoms with van der Waals surface area (Å²) in [6.07, 6.45) is 0. The SMILES string of the molecule is COc1cccc(CNc2ccc(O)c(F)c2)c1. The van der Waals surface area contributed by atoms with Crippen LogP contribution in [0.25, 0.3) is 0 Å². The van der Waals surface area contributed by atoms with Crippen LogP contribution < -0.4 is 10.1 Å². The molecule has 2 aromatic carbocycles. The first-order valence-electron chi connectivity index (χ1n) is 5.54. The highest BCUT2D eigenvalue weighted by Gasteiger charge is 2.01. The molecule has 0 aliphatic carbocycles. The van der Waals surface area contributed by atoms with Crippen LogP contribution in [0.5, 0.6) is 11.5 Å². The normalized spacial score (nSPS) is 10.1. The summed E-state index contributed by atoms with van der Waals surface area (Å²) in [5, 5.41) is 12.2. The lowest BCUT2D eigenvalue weighted by Gasteiger charge is -2.08. The van der Waals surface area contributed by atoms with Crippen LogP contribution in [0.1, 0.15) is 5.56 Å². The van der Waals surface area contributed by atoms with Gasteiger partial charge in [0.1, 0.15) is 5.75 Å². The molecule has 0 radical (unpaired) electrons. The van der Waals surface area contributed by atoms with Gasteiger partial charge in [-0.3, -0.25) is 0 Å². The van der Waals surface area contributed by atoms with Crippen molar-refractivity contribution in [3.05, 3.63) is 53.8 Å². The van der Waals surface area contributed by atoms with Crippen molar-refractivity contribution >= 4 is 5.69 Å². The molecule has 0 atom stereocenters. The minimum absolute atomic E-state index is 0.345. The monoisotopic (exact) mass is 247 g/mol. The summed E-state index contributed by atoms with van der Waals surface area (Å²) >= 11 is 0. The molecule has 2 N–H and O–H groups in total. The summed E-state index contributed by atoms with van der Waals surface area (Å²) in [5.74, 6) is -0.196. The van der Waals surface area contributed by atoms with E-state index in [2.05, 4.69) is 5.32 Å². The van der Waals surface area contributed by atoms with Gasteiger partial charge in [0.25, 0.3) is 0 Å². The van der Waals surface area contributed by atoms with E-state index in [0.29, 0.717) is 12.2 Å². The van der Waals surface area contributed by atoms with Gasteiger partial charge in [0.15, 0.2) is 11.6 Å². The third-order valence-corrected chi connectivity index (χ3v) is 2.58. The second kappa shape index (κ2) is 5.40. The van der Waals surface area contributed by atoms with E-state index in [1.54, 1.807) is 13.2 Å². The minimum Gasteiger partial charge on any atom is -0.505 e. The molecule has 94 valence electrons. The minimum atomic E-state index is -0.634. The third-order valence-electron chi connectivity index (χ3n) is 2.58. The Morgan fingerprint density at radius 3 is 2.78 bits per heavy atom. The number of nitrogens with one attached hydrogen (secondary N) is 1. The van der Waals surface area contributed by atoms with Crippen LogP contribution in [0.2, 0.25) is 0 Å². The van der Waals surface area contributed by atoms with Gasteiger partial charge in [-0.15, -0.1) is 0 Å². The number of anilines is 1. The topological polar surface area (TPSA) is 41.5 Å². The van der Waals surface area contributed by atoms with Gasteiger partial charge in [0.2, 0.25) is 0 Å². The molecular formula is C14H14FNO2. The summed E-state index contributed by atoms with van der Waals surface area (Å²) in [4.78, 5) is 0. The number of hydrogen-bond acceptors (Lipinski definition) is 3. The maximum absolute atomic E-state index is 13.1. The van der Waals surface area contributed by atoms with Crippen LogP contribution in [0.15, 0.2) is 42.5 Å². The van der Waals surface area contributed by atoms with Crippen molar-refractivity contribution in [1.29, 1.82) is 0 Å². The van der Waals surface area contributed by atoms with Crippen molar-refractivity contribution in [2.75, 3.05) is 12.4 Å². The lowest BCUT2D eigenvalue weighted by Crippen LogP contribution is -1.99. The van der Waals surface area contributed by atoms with Gasteiger partial charge in [-0.05, 0) is 29.8 Å². The van der Waals surface area contributed by atoms with Crippen molar-refractivity contribution in [2.45, 2.75) is 6.54 Å². The Bertz CT molecular complexity index is 543. The average Bonchev–Trinajstić information content (AvgIpc) is 2.40. The summed E-state index contributed by atoms with van der Waals surface area (Å²) in [6, 6.07) is 11.8. The highest BCUT2D eigenvalue weighted by Crippen LogP contribution is 2.20. The summed E-state index contributed by atoms with van der Waals surface area (Å²) in [7, 11) is 1.61. The van der Waals surface area contributed by atoms with Gasteiger partial charge in [0.05, 0.1) is 7.11 Å². The number of methoxy groups -OCH3 is 1. The fraction of sp³-hybridized carbons (Fsp3) is 0.143.